The lowest BCUT2D eigenvalue weighted by atomic mass is 9.84. The normalized spacial score (nSPS) is 11.8. The van der Waals surface area contributed by atoms with Crippen molar-refractivity contribution in [1.29, 1.82) is 0 Å². The summed E-state index contributed by atoms with van der Waals surface area (Å²) in [7, 11) is 1.79. The van der Waals surface area contributed by atoms with Crippen LogP contribution in [0, 0.1) is 6.92 Å². The Morgan fingerprint density at radius 2 is 2.00 bits per heavy atom. The highest BCUT2D eigenvalue weighted by Crippen LogP contribution is 2.28. The van der Waals surface area contributed by atoms with Crippen LogP contribution >= 0.6 is 0 Å². The van der Waals surface area contributed by atoms with Crippen LogP contribution in [0.5, 0.6) is 0 Å². The van der Waals surface area contributed by atoms with E-state index in [1.807, 2.05) is 6.92 Å². The Morgan fingerprint density at radius 1 is 1.47 bits per heavy atom. The van der Waals surface area contributed by atoms with E-state index in [0.29, 0.717) is 0 Å². The first-order valence-corrected chi connectivity index (χ1v) is 4.98. The summed E-state index contributed by atoms with van der Waals surface area (Å²) in [4.78, 5) is 10.8. The van der Waals surface area contributed by atoms with Crippen molar-refractivity contribution >= 4 is 5.97 Å². The third-order valence-electron chi connectivity index (χ3n) is 2.41. The smallest absolute Gasteiger partial charge is 0.309 e. The number of aliphatic carboxylic acids is 1. The maximum atomic E-state index is 10.8. The van der Waals surface area contributed by atoms with Crippen LogP contribution in [0.2, 0.25) is 0 Å². The lowest BCUT2D eigenvalue weighted by Crippen LogP contribution is -2.17. The van der Waals surface area contributed by atoms with E-state index in [2.05, 4.69) is 25.9 Å². The van der Waals surface area contributed by atoms with Crippen molar-refractivity contribution in [2.24, 2.45) is 7.05 Å². The van der Waals surface area contributed by atoms with Crippen LogP contribution in [-0.4, -0.2) is 20.9 Å². The second-order valence-corrected chi connectivity index (χ2v) is 4.85. The highest BCUT2D eigenvalue weighted by atomic mass is 16.4. The number of carbonyl (C=O) groups is 1. The van der Waals surface area contributed by atoms with Gasteiger partial charge in [0, 0.05) is 12.6 Å². The predicted molar refractivity (Wildman–Crippen MR) is 58.0 cm³/mol. The van der Waals surface area contributed by atoms with Gasteiger partial charge in [-0.05, 0) is 12.3 Å². The Hall–Kier alpha value is -1.32. The van der Waals surface area contributed by atoms with Crippen LogP contribution in [0.25, 0.3) is 0 Å². The van der Waals surface area contributed by atoms with Crippen molar-refractivity contribution in [2.75, 3.05) is 0 Å². The molecule has 1 aromatic rings. The number of carboxylic acid groups (broad SMARTS) is 1. The Kier molecular flexibility index (Phi) is 2.88. The van der Waals surface area contributed by atoms with Crippen molar-refractivity contribution in [3.63, 3.8) is 0 Å². The summed E-state index contributed by atoms with van der Waals surface area (Å²) in [5.74, 6) is -0.816. The van der Waals surface area contributed by atoms with E-state index in [9.17, 15) is 4.79 Å². The van der Waals surface area contributed by atoms with Gasteiger partial charge in [0.2, 0.25) is 0 Å². The molecule has 0 fully saturated rings. The van der Waals surface area contributed by atoms with Crippen LogP contribution in [0.1, 0.15) is 37.7 Å². The second kappa shape index (κ2) is 3.68. The fourth-order valence-corrected chi connectivity index (χ4v) is 2.03. The van der Waals surface area contributed by atoms with E-state index < -0.39 is 5.97 Å². The number of carboxylic acids is 1. The molecule has 0 atom stereocenters. The third kappa shape index (κ3) is 2.37. The molecule has 0 spiro atoms. The topological polar surface area (TPSA) is 55.1 Å². The third-order valence-corrected chi connectivity index (χ3v) is 2.41. The minimum atomic E-state index is -0.816. The standard InChI is InChI=1S/C11H18N2O2/c1-7-10(11(2,3)4)8(6-9(14)15)13(5)12-7/h6H2,1-5H3,(H,14,15). The van der Waals surface area contributed by atoms with Crippen LogP contribution < -0.4 is 0 Å². The average molecular weight is 210 g/mol. The zero-order valence-corrected chi connectivity index (χ0v) is 9.96. The molecule has 0 aromatic carbocycles. The zero-order valence-electron chi connectivity index (χ0n) is 9.96. The molecule has 0 aliphatic carbocycles. The number of hydrogen-bond acceptors (Lipinski definition) is 2. The zero-order chi connectivity index (χ0) is 11.8. The molecular weight excluding hydrogens is 192 g/mol. The molecule has 1 aromatic heterocycles. The van der Waals surface area contributed by atoms with Crippen molar-refractivity contribution in [3.05, 3.63) is 17.0 Å². The summed E-state index contributed by atoms with van der Waals surface area (Å²) in [5.41, 5.74) is 2.70. The number of hydrogen-bond donors (Lipinski definition) is 1. The minimum Gasteiger partial charge on any atom is -0.481 e. The molecule has 1 N–H and O–H groups in total. The quantitative estimate of drug-likeness (QED) is 0.807. The predicted octanol–water partition coefficient (Wildman–Crippen LogP) is 1.65. The van der Waals surface area contributed by atoms with Crippen LogP contribution in [0.4, 0.5) is 0 Å². The van der Waals surface area contributed by atoms with Crippen molar-refractivity contribution in [3.8, 4) is 0 Å². The highest BCUT2D eigenvalue weighted by molar-refractivity contribution is 5.70. The van der Waals surface area contributed by atoms with E-state index in [1.165, 1.54) is 0 Å². The maximum Gasteiger partial charge on any atom is 0.309 e. The van der Waals surface area contributed by atoms with Gasteiger partial charge >= 0.3 is 5.97 Å². The highest BCUT2D eigenvalue weighted by Gasteiger charge is 2.25. The summed E-state index contributed by atoms with van der Waals surface area (Å²) in [6, 6.07) is 0. The van der Waals surface area contributed by atoms with E-state index in [-0.39, 0.29) is 11.8 Å². The summed E-state index contributed by atoms with van der Waals surface area (Å²) in [6.45, 7) is 8.14. The van der Waals surface area contributed by atoms with E-state index in [0.717, 1.165) is 17.0 Å². The molecule has 0 aliphatic heterocycles. The summed E-state index contributed by atoms with van der Waals surface area (Å²) in [5, 5.41) is 13.1. The Bertz CT molecular complexity index is 386. The van der Waals surface area contributed by atoms with Crippen LogP contribution in [0.3, 0.4) is 0 Å². The number of rotatable bonds is 2. The first-order chi connectivity index (χ1) is 6.73. The van der Waals surface area contributed by atoms with E-state index in [4.69, 9.17) is 5.11 Å². The summed E-state index contributed by atoms with van der Waals surface area (Å²) in [6.07, 6.45) is 0.0317. The molecule has 84 valence electrons. The Morgan fingerprint density at radius 3 is 2.40 bits per heavy atom. The molecule has 15 heavy (non-hydrogen) atoms. The van der Waals surface area contributed by atoms with Crippen LogP contribution in [0.15, 0.2) is 0 Å². The van der Waals surface area contributed by atoms with E-state index in [1.54, 1.807) is 11.7 Å². The molecule has 4 heteroatoms. The van der Waals surface area contributed by atoms with Crippen molar-refractivity contribution < 1.29 is 9.90 Å². The van der Waals surface area contributed by atoms with Crippen molar-refractivity contribution in [1.82, 2.24) is 9.78 Å². The number of nitrogens with zero attached hydrogens (tertiary/aromatic N) is 2. The van der Waals surface area contributed by atoms with Crippen molar-refractivity contribution in [2.45, 2.75) is 39.5 Å². The molecule has 0 aliphatic rings. The first kappa shape index (κ1) is 11.8. The lowest BCUT2D eigenvalue weighted by Gasteiger charge is -2.20. The molecule has 1 heterocycles. The maximum absolute atomic E-state index is 10.8. The molecule has 0 amide bonds. The molecule has 0 radical (unpaired) electrons. The van der Waals surface area contributed by atoms with Gasteiger partial charge in [0.1, 0.15) is 0 Å². The molecular formula is C11H18N2O2. The summed E-state index contributed by atoms with van der Waals surface area (Å²) < 4.78 is 1.67. The molecule has 4 nitrogen and oxygen atoms in total. The van der Waals surface area contributed by atoms with Gasteiger partial charge in [0.05, 0.1) is 17.8 Å². The number of aromatic nitrogens is 2. The van der Waals surface area contributed by atoms with Crippen LogP contribution in [-0.2, 0) is 23.7 Å². The lowest BCUT2D eigenvalue weighted by molar-refractivity contribution is -0.136. The fourth-order valence-electron chi connectivity index (χ4n) is 2.03. The van der Waals surface area contributed by atoms with Gasteiger partial charge in [0.15, 0.2) is 0 Å². The molecule has 0 bridgehead atoms. The summed E-state index contributed by atoms with van der Waals surface area (Å²) >= 11 is 0. The first-order valence-electron chi connectivity index (χ1n) is 4.98. The monoisotopic (exact) mass is 210 g/mol. The average Bonchev–Trinajstić information content (AvgIpc) is 2.23. The Labute approximate surface area is 89.9 Å². The van der Waals surface area contributed by atoms with Gasteiger partial charge in [0.25, 0.3) is 0 Å². The van der Waals surface area contributed by atoms with Gasteiger partial charge in [-0.15, -0.1) is 0 Å². The Balaban J connectivity index is 3.30. The molecule has 0 saturated carbocycles. The minimum absolute atomic E-state index is 0.0317. The van der Waals surface area contributed by atoms with E-state index >= 15 is 0 Å². The largest absolute Gasteiger partial charge is 0.481 e. The molecule has 1 rings (SSSR count). The molecule has 0 unspecified atom stereocenters. The number of aryl methyl sites for hydroxylation is 2. The second-order valence-electron chi connectivity index (χ2n) is 4.85. The van der Waals surface area contributed by atoms with Gasteiger partial charge in [-0.25, -0.2) is 0 Å². The molecule has 0 saturated heterocycles. The van der Waals surface area contributed by atoms with Gasteiger partial charge < -0.3 is 5.11 Å². The SMILES string of the molecule is Cc1nn(C)c(CC(=O)O)c1C(C)(C)C. The fraction of sp³-hybridized carbons (Fsp3) is 0.636. The van der Waals surface area contributed by atoms with Gasteiger partial charge in [-0.3, -0.25) is 9.48 Å². The van der Waals surface area contributed by atoms with Gasteiger partial charge in [-0.2, -0.15) is 5.10 Å². The van der Waals surface area contributed by atoms with Gasteiger partial charge in [-0.1, -0.05) is 20.8 Å².